The molecule has 170 valence electrons. The molecule has 1 amide bonds. The third-order valence-electron chi connectivity index (χ3n) is 6.52. The molecule has 31 heavy (non-hydrogen) atoms. The summed E-state index contributed by atoms with van der Waals surface area (Å²) in [6, 6.07) is 4.11. The third-order valence-corrected chi connectivity index (χ3v) is 8.61. The van der Waals surface area contributed by atoms with E-state index in [-0.39, 0.29) is 16.2 Å². The summed E-state index contributed by atoms with van der Waals surface area (Å²) in [4.78, 5) is 13.5. The van der Waals surface area contributed by atoms with Gasteiger partial charge in [-0.3, -0.25) is 0 Å². The molecule has 0 bridgehead atoms. The van der Waals surface area contributed by atoms with E-state index >= 15 is 0 Å². The fraction of sp³-hybridized carbons (Fsp3) is 0.565. The minimum Gasteiger partial charge on any atom is -0.496 e. The number of likely N-dealkylation sites (N-methyl/N-ethyl adjacent to an activating group) is 2. The number of ether oxygens (including phenoxy) is 1. The van der Waals surface area contributed by atoms with Gasteiger partial charge in [-0.05, 0) is 32.0 Å². The van der Waals surface area contributed by atoms with Gasteiger partial charge >= 0.3 is 15.9 Å². The van der Waals surface area contributed by atoms with E-state index in [0.717, 1.165) is 19.5 Å². The van der Waals surface area contributed by atoms with E-state index in [1.165, 1.54) is 39.4 Å². The molecule has 0 aromatic heterocycles. The summed E-state index contributed by atoms with van der Waals surface area (Å²) in [7, 11) is 20.8. The Kier molecular flexibility index (Phi) is 6.77. The summed E-state index contributed by atoms with van der Waals surface area (Å²) >= 11 is 0. The van der Waals surface area contributed by atoms with Crippen molar-refractivity contribution in [2.45, 2.75) is 37.6 Å². The zero-order chi connectivity index (χ0) is 24.0. The van der Waals surface area contributed by atoms with Crippen LogP contribution in [0, 0.1) is 27.1 Å². The summed E-state index contributed by atoms with van der Waals surface area (Å²) in [5, 5.41) is 0. The normalized spacial score (nSPS) is 27.4. The molecule has 4 atom stereocenters. The Labute approximate surface area is 189 Å². The molecule has 1 aliphatic rings. The second-order valence-electron chi connectivity index (χ2n) is 9.84. The Hall–Kier alpha value is -1.48. The number of rotatable bonds is 7. The number of sulfonamides is 1. The van der Waals surface area contributed by atoms with Crippen LogP contribution in [0.25, 0.3) is 0 Å². The number of carbonyl (C=O) groups excluding carboxylic acids is 1. The third kappa shape index (κ3) is 4.53. The van der Waals surface area contributed by atoms with Crippen molar-refractivity contribution in [3.8, 4) is 5.75 Å². The van der Waals surface area contributed by atoms with Crippen molar-refractivity contribution in [3.63, 3.8) is 0 Å². The molecule has 0 spiro atoms. The summed E-state index contributed by atoms with van der Waals surface area (Å²) in [6.07, 6.45) is 0.833. The molecule has 4 unspecified atom stereocenters. The molecular weight excluding hydrogens is 414 g/mol. The highest BCUT2D eigenvalue weighted by atomic mass is 32.2. The maximum Gasteiger partial charge on any atom is 0.350 e. The van der Waals surface area contributed by atoms with Crippen molar-refractivity contribution in [2.24, 2.45) is 5.92 Å². The highest BCUT2D eigenvalue weighted by Gasteiger charge is 2.56. The molecular formula is C23H36N3O4S+3. The number of benzene rings is 1. The second-order valence-corrected chi connectivity index (χ2v) is 12.2. The van der Waals surface area contributed by atoms with Gasteiger partial charge in [-0.25, -0.2) is 13.2 Å². The maximum absolute atomic E-state index is 13.6. The van der Waals surface area contributed by atoms with Crippen molar-refractivity contribution in [1.82, 2.24) is 0 Å². The Morgan fingerprint density at radius 2 is 1.87 bits per heavy atom. The fourth-order valence-corrected chi connectivity index (χ4v) is 5.88. The molecule has 1 aromatic rings. The number of hydrogen-bond donors (Lipinski definition) is 0. The lowest BCUT2D eigenvalue weighted by molar-refractivity contribution is -0.947. The first kappa shape index (κ1) is 25.8. The summed E-state index contributed by atoms with van der Waals surface area (Å²) in [5.74, 6) is 0.187. The highest BCUT2D eigenvalue weighted by Crippen LogP contribution is 2.41. The van der Waals surface area contributed by atoms with Crippen molar-refractivity contribution >= 4 is 15.9 Å². The van der Waals surface area contributed by atoms with Gasteiger partial charge < -0.3 is 9.22 Å². The van der Waals surface area contributed by atoms with Crippen LogP contribution in [-0.2, 0) is 10.0 Å². The van der Waals surface area contributed by atoms with Crippen LogP contribution >= 0.6 is 0 Å². The lowest BCUT2D eigenvalue weighted by Crippen LogP contribution is -2.63. The van der Waals surface area contributed by atoms with Crippen molar-refractivity contribution in [2.75, 3.05) is 47.9 Å². The van der Waals surface area contributed by atoms with Gasteiger partial charge in [0.05, 0.1) is 41.3 Å². The maximum atomic E-state index is 13.6. The highest BCUT2D eigenvalue weighted by molar-refractivity contribution is 7.86. The quantitative estimate of drug-likeness (QED) is 0.600. The zero-order valence-electron chi connectivity index (χ0n) is 19.8. The minimum absolute atomic E-state index is 0.0811. The van der Waals surface area contributed by atoms with Gasteiger partial charge in [0, 0.05) is 12.3 Å². The van der Waals surface area contributed by atoms with E-state index < -0.39 is 29.8 Å². The molecule has 6 radical (unpaired) electrons. The first-order valence-electron chi connectivity index (χ1n) is 10.3. The van der Waals surface area contributed by atoms with E-state index in [2.05, 4.69) is 13.8 Å². The predicted molar refractivity (Wildman–Crippen MR) is 118 cm³/mol. The van der Waals surface area contributed by atoms with E-state index in [1.807, 2.05) is 6.92 Å². The van der Waals surface area contributed by atoms with Crippen LogP contribution in [0.3, 0.4) is 0 Å². The average Bonchev–Trinajstić information content (AvgIpc) is 2.87. The number of methoxy groups -OCH3 is 1. The first-order valence-corrected chi connectivity index (χ1v) is 11.8. The SMILES string of the molecule is [CH][N+](C)(CC1(C)CC(C)C[N+]1([CH])CC)C(=O)c1cc(S(=O)(=O)[N+]([CH])(C)C)ccc1OC. The molecule has 0 aliphatic carbocycles. The number of quaternary nitrogens is 3. The second kappa shape index (κ2) is 8.14. The summed E-state index contributed by atoms with van der Waals surface area (Å²) < 4.78 is 30.0. The van der Waals surface area contributed by atoms with Crippen LogP contribution in [0.2, 0.25) is 0 Å². The molecule has 1 fully saturated rings. The van der Waals surface area contributed by atoms with E-state index in [0.29, 0.717) is 16.9 Å². The standard InChI is InChI=1S/C23H36N3O4S/c1-11-26(9)16-18(2)15-23(26,3)17-25(7,8)22(27)20-14-19(12-13-21(20)30-10)31(28,29)24(4,5)6/h4,7,9,12-14,18H,11,15-17H2,1-3,5-6,8,10H3/q+3. The number of nitrogens with zero attached hydrogens (tertiary/aromatic N) is 3. The molecule has 7 nitrogen and oxygen atoms in total. The van der Waals surface area contributed by atoms with Crippen LogP contribution in [0.1, 0.15) is 37.6 Å². The topological polar surface area (TPSA) is 60.4 Å². The van der Waals surface area contributed by atoms with Crippen LogP contribution in [0.5, 0.6) is 5.75 Å². The largest absolute Gasteiger partial charge is 0.496 e. The summed E-state index contributed by atoms with van der Waals surface area (Å²) in [5.41, 5.74) is -0.330. The average molecular weight is 451 g/mol. The molecule has 8 heteroatoms. The first-order chi connectivity index (χ1) is 13.9. The number of likely N-dealkylation sites (tertiary alicyclic amines) is 1. The molecule has 0 N–H and O–H groups in total. The molecule has 2 rings (SSSR count). The van der Waals surface area contributed by atoms with E-state index in [4.69, 9.17) is 25.9 Å². The van der Waals surface area contributed by atoms with Gasteiger partial charge in [-0.15, -0.1) is 0 Å². The van der Waals surface area contributed by atoms with E-state index in [1.54, 1.807) is 7.05 Å². The minimum atomic E-state index is -3.93. The molecule has 1 aliphatic heterocycles. The molecule has 1 saturated heterocycles. The Balaban J connectivity index is 2.51. The number of amides is 1. The van der Waals surface area contributed by atoms with Crippen LogP contribution in [0.15, 0.2) is 23.1 Å². The number of hydrogen-bond acceptors (Lipinski definition) is 4. The monoisotopic (exact) mass is 450 g/mol. The van der Waals surface area contributed by atoms with Gasteiger partial charge in [0.15, 0.2) is 0 Å². The van der Waals surface area contributed by atoms with Crippen molar-refractivity contribution in [3.05, 3.63) is 44.9 Å². The van der Waals surface area contributed by atoms with Gasteiger partial charge in [0.25, 0.3) is 0 Å². The Morgan fingerprint density at radius 1 is 1.29 bits per heavy atom. The smallest absolute Gasteiger partial charge is 0.350 e. The van der Waals surface area contributed by atoms with Crippen LogP contribution in [0.4, 0.5) is 0 Å². The number of carbonyl (C=O) groups is 1. The summed E-state index contributed by atoms with van der Waals surface area (Å²) in [6.45, 7) is 8.05. The lowest BCUT2D eigenvalue weighted by Gasteiger charge is -2.44. The Morgan fingerprint density at radius 3 is 2.35 bits per heavy atom. The molecule has 0 saturated carbocycles. The van der Waals surface area contributed by atoms with Crippen molar-refractivity contribution in [1.29, 1.82) is 0 Å². The van der Waals surface area contributed by atoms with E-state index in [9.17, 15) is 13.2 Å². The predicted octanol–water partition coefficient (Wildman–Crippen LogP) is 2.69. The van der Waals surface area contributed by atoms with Gasteiger partial charge in [0.2, 0.25) is 21.1 Å². The lowest BCUT2D eigenvalue weighted by atomic mass is 9.92. The van der Waals surface area contributed by atoms with Gasteiger partial charge in [-0.2, -0.15) is 8.42 Å². The molecule has 1 aromatic carbocycles. The van der Waals surface area contributed by atoms with Crippen LogP contribution < -0.4 is 4.74 Å². The fourth-order valence-electron chi connectivity index (χ4n) is 4.83. The van der Waals surface area contributed by atoms with Gasteiger partial charge in [0.1, 0.15) is 28.3 Å². The van der Waals surface area contributed by atoms with Gasteiger partial charge in [-0.1, -0.05) is 6.92 Å². The van der Waals surface area contributed by atoms with Crippen LogP contribution in [-0.4, -0.2) is 80.6 Å². The van der Waals surface area contributed by atoms with Crippen molar-refractivity contribution < 1.29 is 30.8 Å². The molecule has 1 heterocycles. The Bertz CT molecular complexity index is 952. The zero-order valence-corrected chi connectivity index (χ0v) is 20.6.